The highest BCUT2D eigenvalue weighted by atomic mass is 16.5. The largest absolute Gasteiger partial charge is 0.466 e. The van der Waals surface area contributed by atoms with Gasteiger partial charge in [0.05, 0.1) is 13.2 Å². The number of furan rings is 1. The Balaban J connectivity index is 1.27. The van der Waals surface area contributed by atoms with Crippen molar-refractivity contribution < 1.29 is 13.9 Å². The molecule has 0 N–H and O–H groups in total. The number of rotatable bonds is 5. The Morgan fingerprint density at radius 1 is 1.16 bits per heavy atom. The van der Waals surface area contributed by atoms with Gasteiger partial charge in [0.1, 0.15) is 11.5 Å². The molecule has 4 rings (SSSR count). The number of ether oxygens (including phenoxy) is 1. The molecule has 0 bridgehead atoms. The summed E-state index contributed by atoms with van der Waals surface area (Å²) in [5, 5.41) is 0. The highest BCUT2D eigenvalue weighted by molar-refractivity contribution is 5.76. The van der Waals surface area contributed by atoms with Gasteiger partial charge in [-0.05, 0) is 30.4 Å². The van der Waals surface area contributed by atoms with Crippen LogP contribution in [0.5, 0.6) is 0 Å². The maximum Gasteiger partial charge on any atom is 0.223 e. The number of hydrogen-bond donors (Lipinski definition) is 0. The molecule has 0 unspecified atom stereocenters. The summed E-state index contributed by atoms with van der Waals surface area (Å²) in [4.78, 5) is 17.2. The lowest BCUT2D eigenvalue weighted by molar-refractivity contribution is -0.130. The highest BCUT2D eigenvalue weighted by Crippen LogP contribution is 2.47. The normalized spacial score (nSPS) is 33.0. The summed E-state index contributed by atoms with van der Waals surface area (Å²) in [7, 11) is 0. The third-order valence-electron chi connectivity index (χ3n) is 6.18. The van der Waals surface area contributed by atoms with Crippen molar-refractivity contribution in [2.45, 2.75) is 45.1 Å². The first kappa shape index (κ1) is 17.1. The number of hydrogen-bond acceptors (Lipinski definition) is 4. The summed E-state index contributed by atoms with van der Waals surface area (Å²) in [6, 6.07) is 4.64. The maximum atomic E-state index is 12.6. The minimum absolute atomic E-state index is 0.264. The number of amides is 1. The van der Waals surface area contributed by atoms with Gasteiger partial charge in [-0.2, -0.15) is 0 Å². The first-order valence-electron chi connectivity index (χ1n) is 9.80. The van der Waals surface area contributed by atoms with Crippen molar-refractivity contribution in [3.63, 3.8) is 0 Å². The Hall–Kier alpha value is -1.33. The van der Waals surface area contributed by atoms with Gasteiger partial charge in [-0.1, -0.05) is 13.8 Å². The second-order valence-corrected chi connectivity index (χ2v) is 8.12. The monoisotopic (exact) mass is 346 g/mol. The molecule has 1 aliphatic carbocycles. The zero-order chi connectivity index (χ0) is 17.4. The predicted molar refractivity (Wildman–Crippen MR) is 95.5 cm³/mol. The summed E-state index contributed by atoms with van der Waals surface area (Å²) < 4.78 is 11.4. The molecule has 5 nitrogen and oxygen atoms in total. The Morgan fingerprint density at radius 2 is 1.92 bits per heavy atom. The number of carbonyl (C=O) groups excluding carboxylic acids is 1. The average molecular weight is 346 g/mol. The van der Waals surface area contributed by atoms with E-state index >= 15 is 0 Å². The van der Waals surface area contributed by atoms with Crippen LogP contribution in [0.3, 0.4) is 0 Å². The Labute approximate surface area is 150 Å². The quantitative estimate of drug-likeness (QED) is 0.822. The Bertz CT molecular complexity index is 608. The van der Waals surface area contributed by atoms with Crippen molar-refractivity contribution in [2.24, 2.45) is 11.8 Å². The molecular weight excluding hydrogens is 316 g/mol. The standard InChI is InChI=1S/C20H30N2O3/c1-14-11-17(14)19-5-3-16(25-19)4-6-20(23)22-12-15(2)18(13-22)21-7-9-24-10-8-21/h3,5,14-15,17-18H,4,6-13H2,1-2H3/t14-,15-,17+,18-/m1/s1. The number of morpholine rings is 1. The van der Waals surface area contributed by atoms with Crippen LogP contribution in [-0.4, -0.2) is 61.1 Å². The van der Waals surface area contributed by atoms with E-state index in [1.807, 2.05) is 0 Å². The molecule has 1 saturated carbocycles. The summed E-state index contributed by atoms with van der Waals surface area (Å²) in [5.74, 6) is 4.23. The zero-order valence-electron chi connectivity index (χ0n) is 15.4. The topological polar surface area (TPSA) is 45.9 Å². The van der Waals surface area contributed by atoms with Gasteiger partial charge in [-0.15, -0.1) is 0 Å². The first-order valence-corrected chi connectivity index (χ1v) is 9.80. The molecule has 2 aliphatic heterocycles. The van der Waals surface area contributed by atoms with Crippen LogP contribution in [0.2, 0.25) is 0 Å². The third-order valence-corrected chi connectivity index (χ3v) is 6.18. The lowest BCUT2D eigenvalue weighted by atomic mass is 10.0. The van der Waals surface area contributed by atoms with Crippen LogP contribution in [0.1, 0.15) is 44.1 Å². The fourth-order valence-corrected chi connectivity index (χ4v) is 4.37. The van der Waals surface area contributed by atoms with E-state index < -0.39 is 0 Å². The number of nitrogens with zero attached hydrogens (tertiary/aromatic N) is 2. The smallest absolute Gasteiger partial charge is 0.223 e. The fraction of sp³-hybridized carbons (Fsp3) is 0.750. The molecule has 1 aromatic heterocycles. The highest BCUT2D eigenvalue weighted by Gasteiger charge is 2.37. The molecule has 0 spiro atoms. The molecule has 3 aliphatic rings. The predicted octanol–water partition coefficient (Wildman–Crippen LogP) is 2.51. The Morgan fingerprint density at radius 3 is 2.64 bits per heavy atom. The van der Waals surface area contributed by atoms with Crippen LogP contribution in [0.15, 0.2) is 16.5 Å². The van der Waals surface area contributed by atoms with E-state index in [2.05, 4.69) is 35.8 Å². The lowest BCUT2D eigenvalue weighted by Crippen LogP contribution is -2.47. The van der Waals surface area contributed by atoms with Gasteiger partial charge in [-0.3, -0.25) is 9.69 Å². The second-order valence-electron chi connectivity index (χ2n) is 8.12. The summed E-state index contributed by atoms with van der Waals surface area (Å²) in [6.45, 7) is 9.89. The van der Waals surface area contributed by atoms with Crippen molar-refractivity contribution in [2.75, 3.05) is 39.4 Å². The summed E-state index contributed by atoms with van der Waals surface area (Å²) >= 11 is 0. The van der Waals surface area contributed by atoms with Crippen LogP contribution in [0.25, 0.3) is 0 Å². The number of carbonyl (C=O) groups is 1. The average Bonchev–Trinajstić information content (AvgIpc) is 3.02. The Kier molecular flexibility index (Phi) is 4.87. The maximum absolute atomic E-state index is 12.6. The molecule has 3 fully saturated rings. The van der Waals surface area contributed by atoms with Crippen LogP contribution in [0.4, 0.5) is 0 Å². The summed E-state index contributed by atoms with van der Waals surface area (Å²) in [6.07, 6.45) is 2.50. The van der Waals surface area contributed by atoms with Crippen LogP contribution < -0.4 is 0 Å². The third kappa shape index (κ3) is 3.77. The number of likely N-dealkylation sites (tertiary alicyclic amines) is 1. The van der Waals surface area contributed by atoms with E-state index in [9.17, 15) is 4.79 Å². The number of aryl methyl sites for hydroxylation is 1. The van der Waals surface area contributed by atoms with Gasteiger partial charge in [0.25, 0.3) is 0 Å². The van der Waals surface area contributed by atoms with E-state index in [0.29, 0.717) is 30.7 Å². The molecule has 4 atom stereocenters. The van der Waals surface area contributed by atoms with Crippen molar-refractivity contribution in [1.82, 2.24) is 9.80 Å². The molecule has 1 amide bonds. The molecular formula is C20H30N2O3. The molecule has 1 aromatic rings. The minimum Gasteiger partial charge on any atom is -0.466 e. The van der Waals surface area contributed by atoms with Crippen molar-refractivity contribution in [3.05, 3.63) is 23.7 Å². The van der Waals surface area contributed by atoms with Crippen LogP contribution in [-0.2, 0) is 16.0 Å². The van der Waals surface area contributed by atoms with Gasteiger partial charge in [0, 0.05) is 51.0 Å². The molecule has 3 heterocycles. The minimum atomic E-state index is 0.264. The van der Waals surface area contributed by atoms with E-state index in [4.69, 9.17) is 9.15 Å². The SMILES string of the molecule is C[C@@H]1C[C@@H]1c1ccc(CCC(=O)N2C[C@@H](C)[C@H](N3CCOCC3)C2)o1. The van der Waals surface area contributed by atoms with E-state index in [1.54, 1.807) is 0 Å². The van der Waals surface area contributed by atoms with E-state index in [0.717, 1.165) is 56.8 Å². The molecule has 0 aromatic carbocycles. The van der Waals surface area contributed by atoms with Crippen molar-refractivity contribution in [1.29, 1.82) is 0 Å². The molecule has 2 saturated heterocycles. The molecule has 0 radical (unpaired) electrons. The van der Waals surface area contributed by atoms with Crippen molar-refractivity contribution >= 4 is 5.91 Å². The van der Waals surface area contributed by atoms with Gasteiger partial charge < -0.3 is 14.1 Å². The fourth-order valence-electron chi connectivity index (χ4n) is 4.37. The van der Waals surface area contributed by atoms with E-state index in [1.165, 1.54) is 6.42 Å². The van der Waals surface area contributed by atoms with Gasteiger partial charge in [0.2, 0.25) is 5.91 Å². The van der Waals surface area contributed by atoms with Crippen molar-refractivity contribution in [3.8, 4) is 0 Å². The second kappa shape index (κ2) is 7.12. The van der Waals surface area contributed by atoms with Gasteiger partial charge in [-0.25, -0.2) is 0 Å². The summed E-state index contributed by atoms with van der Waals surface area (Å²) in [5.41, 5.74) is 0. The molecule has 138 valence electrons. The van der Waals surface area contributed by atoms with Gasteiger partial charge in [0.15, 0.2) is 0 Å². The lowest BCUT2D eigenvalue weighted by Gasteiger charge is -2.33. The van der Waals surface area contributed by atoms with Crippen LogP contribution >= 0.6 is 0 Å². The zero-order valence-corrected chi connectivity index (χ0v) is 15.4. The molecule has 5 heteroatoms. The van der Waals surface area contributed by atoms with E-state index in [-0.39, 0.29) is 5.91 Å². The van der Waals surface area contributed by atoms with Gasteiger partial charge >= 0.3 is 0 Å². The van der Waals surface area contributed by atoms with Crippen LogP contribution in [0, 0.1) is 11.8 Å². The first-order chi connectivity index (χ1) is 12.1. The molecule has 25 heavy (non-hydrogen) atoms.